The van der Waals surface area contributed by atoms with Gasteiger partial charge >= 0.3 is 0 Å². The molecule has 1 saturated heterocycles. The number of hydrogen-bond donors (Lipinski definition) is 0. The Morgan fingerprint density at radius 3 is 2.38 bits per heavy atom. The van der Waals surface area contributed by atoms with Gasteiger partial charge in [0.25, 0.3) is 0 Å². The van der Waals surface area contributed by atoms with Gasteiger partial charge in [-0.3, -0.25) is 4.79 Å². The first-order valence-corrected chi connectivity index (χ1v) is 6.52. The summed E-state index contributed by atoms with van der Waals surface area (Å²) in [6, 6.07) is 0. The molecule has 0 aromatic rings. The molecule has 0 unspecified atom stereocenters. The average Bonchev–Trinajstić information content (AvgIpc) is 2.63. The van der Waals surface area contributed by atoms with Crippen molar-refractivity contribution in [3.63, 3.8) is 0 Å². The molecule has 1 amide bonds. The van der Waals surface area contributed by atoms with Crippen LogP contribution in [0.15, 0.2) is 10.6 Å². The molecule has 1 aliphatic carbocycles. The molecule has 0 N–H and O–H groups in total. The van der Waals surface area contributed by atoms with Gasteiger partial charge in [0.15, 0.2) is 0 Å². The van der Waals surface area contributed by atoms with E-state index in [4.69, 9.17) is 23.2 Å². The zero-order valence-electron chi connectivity index (χ0n) is 9.67. The maximum absolute atomic E-state index is 12.2. The summed E-state index contributed by atoms with van der Waals surface area (Å²) in [5.74, 6) is 0.544. The summed E-state index contributed by atoms with van der Waals surface area (Å²) in [4.78, 5) is 14.2. The molecule has 0 radical (unpaired) electrons. The first-order valence-electron chi connectivity index (χ1n) is 5.76. The lowest BCUT2D eigenvalue weighted by Crippen LogP contribution is -2.30. The van der Waals surface area contributed by atoms with Crippen molar-refractivity contribution in [1.82, 2.24) is 4.90 Å². The van der Waals surface area contributed by atoms with Gasteiger partial charge in [0.05, 0.1) is 5.92 Å². The molecule has 1 saturated carbocycles. The Kier molecular flexibility index (Phi) is 3.24. The highest BCUT2D eigenvalue weighted by atomic mass is 35.5. The number of halogens is 2. The molecule has 2 nitrogen and oxygen atoms in total. The summed E-state index contributed by atoms with van der Waals surface area (Å²) in [6.07, 6.45) is 4.08. The van der Waals surface area contributed by atoms with E-state index in [1.165, 1.54) is 0 Å². The first kappa shape index (κ1) is 12.3. The quantitative estimate of drug-likeness (QED) is 0.748. The van der Waals surface area contributed by atoms with E-state index in [0.717, 1.165) is 25.9 Å². The van der Waals surface area contributed by atoms with Crippen LogP contribution in [-0.4, -0.2) is 23.9 Å². The molecule has 2 aliphatic rings. The molecule has 0 aromatic carbocycles. The zero-order valence-corrected chi connectivity index (χ0v) is 11.2. The monoisotopic (exact) mass is 261 g/mol. The lowest BCUT2D eigenvalue weighted by atomic mass is 10.1. The number of allylic oxidation sites excluding steroid dienone is 1. The molecule has 0 bridgehead atoms. The van der Waals surface area contributed by atoms with E-state index in [9.17, 15) is 4.79 Å². The lowest BCUT2D eigenvalue weighted by Gasteiger charge is -2.15. The average molecular weight is 262 g/mol. The predicted octanol–water partition coefficient (Wildman–Crippen LogP) is 3.20. The van der Waals surface area contributed by atoms with Crippen LogP contribution in [0.1, 0.15) is 26.7 Å². The standard InChI is InChI=1S/C12H17Cl2NO/c1-12(2)8(7-9(13)14)10(12)11(16)15-5-3-4-6-15/h7-8,10H,3-6H2,1-2H3/t8-,10+/m1/s1. The smallest absolute Gasteiger partial charge is 0.226 e. The number of rotatable bonds is 2. The van der Waals surface area contributed by atoms with Gasteiger partial charge in [0.2, 0.25) is 5.91 Å². The Labute approximate surface area is 107 Å². The van der Waals surface area contributed by atoms with E-state index in [0.29, 0.717) is 0 Å². The molecular weight excluding hydrogens is 245 g/mol. The van der Waals surface area contributed by atoms with Crippen molar-refractivity contribution >= 4 is 29.1 Å². The summed E-state index contributed by atoms with van der Waals surface area (Å²) < 4.78 is 0.273. The molecule has 16 heavy (non-hydrogen) atoms. The Morgan fingerprint density at radius 1 is 1.31 bits per heavy atom. The number of nitrogens with zero attached hydrogens (tertiary/aromatic N) is 1. The van der Waals surface area contributed by atoms with Crippen LogP contribution in [0.4, 0.5) is 0 Å². The van der Waals surface area contributed by atoms with Gasteiger partial charge in [-0.05, 0) is 30.3 Å². The van der Waals surface area contributed by atoms with Crippen LogP contribution < -0.4 is 0 Å². The summed E-state index contributed by atoms with van der Waals surface area (Å²) in [7, 11) is 0. The number of hydrogen-bond acceptors (Lipinski definition) is 1. The van der Waals surface area contributed by atoms with Gasteiger partial charge in [0, 0.05) is 13.1 Å². The third-order valence-electron chi connectivity index (χ3n) is 3.90. The van der Waals surface area contributed by atoms with Crippen molar-refractivity contribution in [2.24, 2.45) is 17.3 Å². The molecule has 0 aromatic heterocycles. The maximum Gasteiger partial charge on any atom is 0.226 e. The third kappa shape index (κ3) is 2.10. The molecule has 2 fully saturated rings. The topological polar surface area (TPSA) is 20.3 Å². The van der Waals surface area contributed by atoms with Gasteiger partial charge in [-0.2, -0.15) is 0 Å². The van der Waals surface area contributed by atoms with E-state index >= 15 is 0 Å². The molecule has 0 spiro atoms. The fourth-order valence-corrected chi connectivity index (χ4v) is 3.00. The van der Waals surface area contributed by atoms with Crippen molar-refractivity contribution in [2.45, 2.75) is 26.7 Å². The lowest BCUT2D eigenvalue weighted by molar-refractivity contribution is -0.132. The molecule has 2 atom stereocenters. The van der Waals surface area contributed by atoms with Gasteiger partial charge in [0.1, 0.15) is 4.49 Å². The van der Waals surface area contributed by atoms with Crippen LogP contribution in [0, 0.1) is 17.3 Å². The van der Waals surface area contributed by atoms with Crippen LogP contribution >= 0.6 is 23.2 Å². The van der Waals surface area contributed by atoms with Crippen LogP contribution in [0.25, 0.3) is 0 Å². The summed E-state index contributed by atoms with van der Waals surface area (Å²) in [6.45, 7) is 6.03. The number of likely N-dealkylation sites (tertiary alicyclic amines) is 1. The fraction of sp³-hybridized carbons (Fsp3) is 0.750. The Bertz CT molecular complexity index is 328. The highest BCUT2D eigenvalue weighted by Crippen LogP contribution is 2.60. The maximum atomic E-state index is 12.2. The molecule has 1 heterocycles. The largest absolute Gasteiger partial charge is 0.342 e. The summed E-state index contributed by atoms with van der Waals surface area (Å²) in [5.41, 5.74) is 0.00863. The van der Waals surface area contributed by atoms with Crippen molar-refractivity contribution in [3.05, 3.63) is 10.6 Å². The first-order chi connectivity index (χ1) is 7.44. The molecule has 2 rings (SSSR count). The number of carbonyl (C=O) groups is 1. The fourth-order valence-electron chi connectivity index (χ4n) is 2.73. The van der Waals surface area contributed by atoms with E-state index in [1.807, 2.05) is 11.0 Å². The Morgan fingerprint density at radius 2 is 1.88 bits per heavy atom. The molecular formula is C12H17Cl2NO. The van der Waals surface area contributed by atoms with Crippen molar-refractivity contribution in [3.8, 4) is 0 Å². The van der Waals surface area contributed by atoms with Crippen LogP contribution in [0.2, 0.25) is 0 Å². The van der Waals surface area contributed by atoms with E-state index in [-0.39, 0.29) is 27.6 Å². The van der Waals surface area contributed by atoms with Crippen molar-refractivity contribution in [1.29, 1.82) is 0 Å². The van der Waals surface area contributed by atoms with E-state index in [2.05, 4.69) is 13.8 Å². The van der Waals surface area contributed by atoms with Crippen LogP contribution in [-0.2, 0) is 4.79 Å². The molecule has 90 valence electrons. The molecule has 4 heteroatoms. The Hall–Kier alpha value is -0.210. The second-order valence-electron chi connectivity index (χ2n) is 5.31. The Balaban J connectivity index is 2.05. The second kappa shape index (κ2) is 4.23. The third-order valence-corrected chi connectivity index (χ3v) is 4.15. The zero-order chi connectivity index (χ0) is 11.9. The van der Waals surface area contributed by atoms with Gasteiger partial charge in [-0.25, -0.2) is 0 Å². The number of amides is 1. The van der Waals surface area contributed by atoms with Crippen LogP contribution in [0.5, 0.6) is 0 Å². The SMILES string of the molecule is CC1(C)[C@H](C=C(Cl)Cl)[C@H]1C(=O)N1CCCC1. The highest BCUT2D eigenvalue weighted by Gasteiger charge is 2.61. The van der Waals surface area contributed by atoms with Crippen molar-refractivity contribution < 1.29 is 4.79 Å². The normalized spacial score (nSPS) is 31.4. The number of carbonyl (C=O) groups excluding carboxylic acids is 1. The van der Waals surface area contributed by atoms with Gasteiger partial charge in [-0.1, -0.05) is 37.0 Å². The summed E-state index contributed by atoms with van der Waals surface area (Å²) in [5, 5.41) is 0. The van der Waals surface area contributed by atoms with Gasteiger partial charge < -0.3 is 4.90 Å². The van der Waals surface area contributed by atoms with Crippen molar-refractivity contribution in [2.75, 3.05) is 13.1 Å². The minimum absolute atomic E-state index is 0.00863. The van der Waals surface area contributed by atoms with Gasteiger partial charge in [-0.15, -0.1) is 0 Å². The second-order valence-corrected chi connectivity index (χ2v) is 6.32. The van der Waals surface area contributed by atoms with Crippen LogP contribution in [0.3, 0.4) is 0 Å². The predicted molar refractivity (Wildman–Crippen MR) is 66.4 cm³/mol. The minimum Gasteiger partial charge on any atom is -0.342 e. The van der Waals surface area contributed by atoms with E-state index < -0.39 is 0 Å². The minimum atomic E-state index is 0.00863. The summed E-state index contributed by atoms with van der Waals surface area (Å²) >= 11 is 11.3. The molecule has 1 aliphatic heterocycles. The highest BCUT2D eigenvalue weighted by molar-refractivity contribution is 6.55. The van der Waals surface area contributed by atoms with E-state index in [1.54, 1.807) is 0 Å².